The second-order valence-corrected chi connectivity index (χ2v) is 4.38. The number of nitrogens with one attached hydrogen (secondary N) is 3. The number of anilines is 3. The van der Waals surface area contributed by atoms with Crippen molar-refractivity contribution < 1.29 is 0 Å². The van der Waals surface area contributed by atoms with E-state index in [-0.39, 0.29) is 6.17 Å². The van der Waals surface area contributed by atoms with E-state index < -0.39 is 0 Å². The van der Waals surface area contributed by atoms with Crippen molar-refractivity contribution >= 4 is 17.3 Å². The molecule has 1 atom stereocenters. The van der Waals surface area contributed by atoms with Gasteiger partial charge in [-0.15, -0.1) is 0 Å². The third-order valence-corrected chi connectivity index (χ3v) is 2.31. The van der Waals surface area contributed by atoms with Crippen LogP contribution in [0.15, 0.2) is 12.1 Å². The van der Waals surface area contributed by atoms with Crippen LogP contribution < -0.4 is 16.0 Å². The van der Waals surface area contributed by atoms with Gasteiger partial charge in [0.1, 0.15) is 5.82 Å². The van der Waals surface area contributed by atoms with E-state index in [1.54, 1.807) is 0 Å². The topological polar surface area (TPSA) is 49.0 Å². The zero-order chi connectivity index (χ0) is 12.8. The van der Waals surface area contributed by atoms with Crippen LogP contribution in [-0.2, 0) is 0 Å². The second kappa shape index (κ2) is 6.33. The zero-order valence-corrected chi connectivity index (χ0v) is 11.5. The van der Waals surface area contributed by atoms with Gasteiger partial charge in [-0.25, -0.2) is 4.98 Å². The Hall–Kier alpha value is -1.45. The van der Waals surface area contributed by atoms with E-state index in [0.717, 1.165) is 23.9 Å². The minimum atomic E-state index is 0.271. The summed E-state index contributed by atoms with van der Waals surface area (Å²) in [6, 6.07) is 4.06. The van der Waals surface area contributed by atoms with Crippen LogP contribution in [0.5, 0.6) is 0 Å². The number of fused-ring (bicyclic) bond motifs is 1. The highest BCUT2D eigenvalue weighted by molar-refractivity contribution is 5.72. The SMILES string of the molecule is CC.CC(C)CNc1ccc2c(n1)NC(C)N2. The molecule has 96 valence electrons. The zero-order valence-electron chi connectivity index (χ0n) is 11.5. The molecule has 0 aromatic carbocycles. The summed E-state index contributed by atoms with van der Waals surface area (Å²) in [4.78, 5) is 4.49. The summed E-state index contributed by atoms with van der Waals surface area (Å²) < 4.78 is 0. The molecule has 3 N–H and O–H groups in total. The lowest BCUT2D eigenvalue weighted by molar-refractivity contribution is 0.687. The summed E-state index contributed by atoms with van der Waals surface area (Å²) in [7, 11) is 0. The minimum Gasteiger partial charge on any atom is -0.370 e. The van der Waals surface area contributed by atoms with Gasteiger partial charge in [-0.1, -0.05) is 27.7 Å². The summed E-state index contributed by atoms with van der Waals surface area (Å²) in [6.07, 6.45) is 0.271. The average Bonchev–Trinajstić information content (AvgIpc) is 2.68. The predicted octanol–water partition coefficient (Wildman–Crippen LogP) is 3.36. The second-order valence-electron chi connectivity index (χ2n) is 4.38. The van der Waals surface area contributed by atoms with Crippen LogP contribution in [0.25, 0.3) is 0 Å². The molecule has 1 unspecified atom stereocenters. The molecule has 0 fully saturated rings. The van der Waals surface area contributed by atoms with Crippen molar-refractivity contribution in [2.24, 2.45) is 5.92 Å². The Morgan fingerprint density at radius 1 is 1.29 bits per heavy atom. The van der Waals surface area contributed by atoms with Crippen LogP contribution in [0.1, 0.15) is 34.6 Å². The highest BCUT2D eigenvalue weighted by Gasteiger charge is 2.16. The van der Waals surface area contributed by atoms with Crippen LogP contribution in [0, 0.1) is 5.92 Å². The van der Waals surface area contributed by atoms with E-state index in [9.17, 15) is 0 Å². The summed E-state index contributed by atoms with van der Waals surface area (Å²) in [6.45, 7) is 11.4. The molecule has 2 heterocycles. The first-order chi connectivity index (χ1) is 8.15. The molecule has 0 spiro atoms. The van der Waals surface area contributed by atoms with Crippen molar-refractivity contribution in [2.75, 3.05) is 22.5 Å². The Balaban J connectivity index is 0.000000686. The Labute approximate surface area is 104 Å². The molecule has 0 aliphatic carbocycles. The van der Waals surface area contributed by atoms with Gasteiger partial charge >= 0.3 is 0 Å². The van der Waals surface area contributed by atoms with Gasteiger partial charge in [0.25, 0.3) is 0 Å². The Morgan fingerprint density at radius 3 is 2.65 bits per heavy atom. The van der Waals surface area contributed by atoms with Crippen molar-refractivity contribution in [3.8, 4) is 0 Å². The summed E-state index contributed by atoms with van der Waals surface area (Å²) in [5.74, 6) is 2.51. The summed E-state index contributed by atoms with van der Waals surface area (Å²) >= 11 is 0. The van der Waals surface area contributed by atoms with Gasteiger partial charge in [-0.05, 0) is 25.0 Å². The van der Waals surface area contributed by atoms with Gasteiger partial charge in [-0.3, -0.25) is 0 Å². The van der Waals surface area contributed by atoms with Crippen molar-refractivity contribution in [1.82, 2.24) is 4.98 Å². The van der Waals surface area contributed by atoms with Crippen LogP contribution in [0.3, 0.4) is 0 Å². The number of nitrogens with zero attached hydrogens (tertiary/aromatic N) is 1. The lowest BCUT2D eigenvalue weighted by Gasteiger charge is -2.08. The first kappa shape index (κ1) is 13.6. The third-order valence-electron chi connectivity index (χ3n) is 2.31. The molecule has 1 aliphatic heterocycles. The van der Waals surface area contributed by atoms with Crippen LogP contribution >= 0.6 is 0 Å². The maximum Gasteiger partial charge on any atom is 0.153 e. The van der Waals surface area contributed by atoms with Gasteiger partial charge in [-0.2, -0.15) is 0 Å². The maximum absolute atomic E-state index is 4.49. The molecule has 1 aliphatic rings. The fraction of sp³-hybridized carbons (Fsp3) is 0.615. The van der Waals surface area contributed by atoms with Crippen molar-refractivity contribution in [3.63, 3.8) is 0 Å². The molecule has 4 heteroatoms. The van der Waals surface area contributed by atoms with E-state index in [0.29, 0.717) is 5.92 Å². The van der Waals surface area contributed by atoms with Gasteiger partial charge in [0.15, 0.2) is 5.82 Å². The minimum absolute atomic E-state index is 0.271. The summed E-state index contributed by atoms with van der Waals surface area (Å²) in [5.41, 5.74) is 1.08. The number of aromatic nitrogens is 1. The normalized spacial score (nSPS) is 16.5. The number of rotatable bonds is 3. The van der Waals surface area contributed by atoms with Crippen molar-refractivity contribution in [2.45, 2.75) is 40.8 Å². The monoisotopic (exact) mass is 236 g/mol. The fourth-order valence-corrected chi connectivity index (χ4v) is 1.57. The van der Waals surface area contributed by atoms with E-state index in [2.05, 4.69) is 47.8 Å². The maximum atomic E-state index is 4.49. The van der Waals surface area contributed by atoms with Gasteiger partial charge in [0, 0.05) is 6.54 Å². The molecular weight excluding hydrogens is 212 g/mol. The number of pyridine rings is 1. The smallest absolute Gasteiger partial charge is 0.153 e. The van der Waals surface area contributed by atoms with Crippen molar-refractivity contribution in [3.05, 3.63) is 12.1 Å². The van der Waals surface area contributed by atoms with Gasteiger partial charge in [0.2, 0.25) is 0 Å². The fourth-order valence-electron chi connectivity index (χ4n) is 1.57. The predicted molar refractivity (Wildman–Crippen MR) is 75.6 cm³/mol. The Morgan fingerprint density at radius 2 is 2.00 bits per heavy atom. The molecule has 17 heavy (non-hydrogen) atoms. The highest BCUT2D eigenvalue weighted by atomic mass is 15.2. The molecule has 0 saturated carbocycles. The Bertz CT molecular complexity index is 349. The molecule has 1 aromatic rings. The quantitative estimate of drug-likeness (QED) is 0.753. The molecule has 0 amide bonds. The van der Waals surface area contributed by atoms with Crippen LogP contribution in [0.2, 0.25) is 0 Å². The van der Waals surface area contributed by atoms with Crippen LogP contribution in [-0.4, -0.2) is 17.7 Å². The molecule has 1 aromatic heterocycles. The van der Waals surface area contributed by atoms with Crippen LogP contribution in [0.4, 0.5) is 17.3 Å². The molecule has 0 saturated heterocycles. The largest absolute Gasteiger partial charge is 0.370 e. The summed E-state index contributed by atoms with van der Waals surface area (Å²) in [5, 5.41) is 9.86. The average molecular weight is 236 g/mol. The van der Waals surface area contributed by atoms with Gasteiger partial charge in [0.05, 0.1) is 11.9 Å². The van der Waals surface area contributed by atoms with Gasteiger partial charge < -0.3 is 16.0 Å². The standard InChI is InChI=1S/C11H18N4.C2H6/c1-7(2)6-12-10-5-4-9-11(15-10)14-8(3)13-9;1-2/h4-5,7-8,13H,6H2,1-3H3,(H2,12,14,15);1-2H3. The molecular formula is C13H24N4. The first-order valence-corrected chi connectivity index (χ1v) is 6.43. The van der Waals surface area contributed by atoms with Crippen molar-refractivity contribution in [1.29, 1.82) is 0 Å². The first-order valence-electron chi connectivity index (χ1n) is 6.43. The molecule has 2 rings (SSSR count). The highest BCUT2D eigenvalue weighted by Crippen LogP contribution is 2.27. The van der Waals surface area contributed by atoms with E-state index in [1.807, 2.05) is 19.9 Å². The van der Waals surface area contributed by atoms with E-state index >= 15 is 0 Å². The third kappa shape index (κ3) is 3.80. The molecule has 0 radical (unpaired) electrons. The lowest BCUT2D eigenvalue weighted by Crippen LogP contribution is -2.16. The van der Waals surface area contributed by atoms with E-state index in [4.69, 9.17) is 0 Å². The van der Waals surface area contributed by atoms with E-state index in [1.165, 1.54) is 0 Å². The Kier molecular flexibility index (Phi) is 5.07. The molecule has 0 bridgehead atoms. The number of hydrogen-bond donors (Lipinski definition) is 3. The molecule has 4 nitrogen and oxygen atoms in total. The number of hydrogen-bond acceptors (Lipinski definition) is 4. The lowest BCUT2D eigenvalue weighted by atomic mass is 10.2.